The molecular formula is C3H9O4PS. The lowest BCUT2D eigenvalue weighted by atomic mass is 10.8. The Labute approximate surface area is 58.7 Å². The van der Waals surface area contributed by atoms with Crippen molar-refractivity contribution in [1.29, 1.82) is 0 Å². The minimum Gasteiger partial charge on any atom is -0.356 e. The van der Waals surface area contributed by atoms with Crippen LogP contribution in [0.3, 0.4) is 0 Å². The Kier molecular flexibility index (Phi) is 3.80. The molecule has 0 aromatic carbocycles. The fourth-order valence-electron chi connectivity index (χ4n) is 0.236. The number of methoxy groups -OCH3 is 1. The molecule has 0 aromatic rings. The van der Waals surface area contributed by atoms with Crippen LogP contribution in [0.5, 0.6) is 0 Å². The number of hydrogen-bond donors (Lipinski definition) is 2. The SMILES string of the molecule is COC(C)OP(O)(O)=S. The van der Waals surface area contributed by atoms with Crippen molar-refractivity contribution < 1.29 is 19.0 Å². The summed E-state index contributed by atoms with van der Waals surface area (Å²) in [4.78, 5) is 17.0. The molecule has 0 aliphatic rings. The summed E-state index contributed by atoms with van der Waals surface area (Å²) in [6.45, 7) is -2.01. The predicted octanol–water partition coefficient (Wildman–Crippen LogP) is 0.205. The molecule has 2 N–H and O–H groups in total. The van der Waals surface area contributed by atoms with Crippen molar-refractivity contribution in [1.82, 2.24) is 0 Å². The fourth-order valence-corrected chi connectivity index (χ4v) is 1.07. The van der Waals surface area contributed by atoms with Gasteiger partial charge in [-0.05, 0) is 18.7 Å². The molecule has 1 unspecified atom stereocenters. The maximum Gasteiger partial charge on any atom is 0.324 e. The van der Waals surface area contributed by atoms with Crippen molar-refractivity contribution >= 4 is 18.5 Å². The number of ether oxygens (including phenoxy) is 1. The third-order valence-corrected chi connectivity index (χ3v) is 1.45. The van der Waals surface area contributed by atoms with Crippen LogP contribution in [-0.2, 0) is 21.1 Å². The summed E-state index contributed by atoms with van der Waals surface area (Å²) in [6, 6.07) is 0. The second-order valence-corrected chi connectivity index (χ2v) is 4.02. The van der Waals surface area contributed by atoms with E-state index in [0.29, 0.717) is 0 Å². The molecule has 0 rings (SSSR count). The highest BCUT2D eigenvalue weighted by Gasteiger charge is 2.12. The van der Waals surface area contributed by atoms with Gasteiger partial charge in [-0.3, -0.25) is 4.52 Å². The molecule has 0 saturated heterocycles. The van der Waals surface area contributed by atoms with Crippen molar-refractivity contribution in [2.24, 2.45) is 0 Å². The van der Waals surface area contributed by atoms with Crippen molar-refractivity contribution in [3.63, 3.8) is 0 Å². The van der Waals surface area contributed by atoms with Gasteiger partial charge >= 0.3 is 6.72 Å². The van der Waals surface area contributed by atoms with Crippen LogP contribution >= 0.6 is 6.72 Å². The minimum atomic E-state index is -3.53. The van der Waals surface area contributed by atoms with Crippen molar-refractivity contribution in [3.8, 4) is 0 Å². The monoisotopic (exact) mass is 172 g/mol. The van der Waals surface area contributed by atoms with Crippen LogP contribution in [0.1, 0.15) is 6.92 Å². The summed E-state index contributed by atoms with van der Waals surface area (Å²) >= 11 is 4.15. The zero-order valence-electron chi connectivity index (χ0n) is 5.14. The first kappa shape index (κ1) is 9.49. The summed E-state index contributed by atoms with van der Waals surface area (Å²) in [5.74, 6) is 0. The zero-order valence-corrected chi connectivity index (χ0v) is 6.85. The Hall–Kier alpha value is 0.490. The third kappa shape index (κ3) is 6.37. The minimum absolute atomic E-state index is 0.661. The lowest BCUT2D eigenvalue weighted by molar-refractivity contribution is -0.0452. The van der Waals surface area contributed by atoms with Crippen LogP contribution in [0.4, 0.5) is 0 Å². The first-order valence-corrected chi connectivity index (χ1v) is 4.85. The second-order valence-electron chi connectivity index (χ2n) is 1.40. The Morgan fingerprint density at radius 2 is 2.00 bits per heavy atom. The van der Waals surface area contributed by atoms with Crippen molar-refractivity contribution in [3.05, 3.63) is 0 Å². The average molecular weight is 172 g/mol. The van der Waals surface area contributed by atoms with Gasteiger partial charge in [0.25, 0.3) is 0 Å². The van der Waals surface area contributed by atoms with Crippen LogP contribution in [0.25, 0.3) is 0 Å². The van der Waals surface area contributed by atoms with Gasteiger partial charge in [-0.2, -0.15) is 0 Å². The Morgan fingerprint density at radius 1 is 1.56 bits per heavy atom. The number of hydrogen-bond acceptors (Lipinski definition) is 3. The average Bonchev–Trinajstić information content (AvgIpc) is 1.62. The van der Waals surface area contributed by atoms with E-state index in [1.54, 1.807) is 0 Å². The van der Waals surface area contributed by atoms with E-state index in [-0.39, 0.29) is 0 Å². The predicted molar refractivity (Wildman–Crippen MR) is 36.3 cm³/mol. The van der Waals surface area contributed by atoms with Crippen LogP contribution < -0.4 is 0 Å². The molecule has 0 aliphatic carbocycles. The van der Waals surface area contributed by atoms with Gasteiger partial charge in [0, 0.05) is 7.11 Å². The molecule has 1 atom stereocenters. The first-order valence-electron chi connectivity index (χ1n) is 2.22. The van der Waals surface area contributed by atoms with E-state index in [0.717, 1.165) is 0 Å². The Morgan fingerprint density at radius 3 is 2.11 bits per heavy atom. The lowest BCUT2D eigenvalue weighted by Crippen LogP contribution is -2.07. The first-order chi connectivity index (χ1) is 3.95. The van der Waals surface area contributed by atoms with Gasteiger partial charge in [-0.15, -0.1) is 0 Å². The van der Waals surface area contributed by atoms with E-state index < -0.39 is 13.0 Å². The van der Waals surface area contributed by atoms with Crippen LogP contribution in [0.2, 0.25) is 0 Å². The molecule has 6 heteroatoms. The van der Waals surface area contributed by atoms with Crippen molar-refractivity contribution in [2.45, 2.75) is 13.2 Å². The highest BCUT2D eigenvalue weighted by Crippen LogP contribution is 2.37. The lowest BCUT2D eigenvalue weighted by Gasteiger charge is -2.13. The largest absolute Gasteiger partial charge is 0.356 e. The molecule has 0 amide bonds. The van der Waals surface area contributed by atoms with Gasteiger partial charge in [0.15, 0.2) is 6.29 Å². The van der Waals surface area contributed by atoms with Gasteiger partial charge in [0.2, 0.25) is 0 Å². The fraction of sp³-hybridized carbons (Fsp3) is 1.00. The van der Waals surface area contributed by atoms with E-state index in [1.165, 1.54) is 14.0 Å². The molecule has 0 aliphatic heterocycles. The Balaban J connectivity index is 3.60. The van der Waals surface area contributed by atoms with E-state index in [9.17, 15) is 0 Å². The smallest absolute Gasteiger partial charge is 0.324 e. The van der Waals surface area contributed by atoms with Gasteiger partial charge in [-0.25, -0.2) is 0 Å². The van der Waals surface area contributed by atoms with Crippen LogP contribution in [-0.4, -0.2) is 23.2 Å². The highest BCUT2D eigenvalue weighted by atomic mass is 32.5. The van der Waals surface area contributed by atoms with Crippen molar-refractivity contribution in [2.75, 3.05) is 7.11 Å². The van der Waals surface area contributed by atoms with Crippen LogP contribution in [0.15, 0.2) is 0 Å². The maximum atomic E-state index is 8.50. The molecule has 0 fully saturated rings. The molecule has 56 valence electrons. The molecule has 0 radical (unpaired) electrons. The molecule has 0 saturated carbocycles. The summed E-state index contributed by atoms with van der Waals surface area (Å²) in [5, 5.41) is 0. The van der Waals surface area contributed by atoms with E-state index in [4.69, 9.17) is 9.79 Å². The van der Waals surface area contributed by atoms with Gasteiger partial charge in [-0.1, -0.05) is 0 Å². The van der Waals surface area contributed by atoms with E-state index in [2.05, 4.69) is 21.1 Å². The standard InChI is InChI=1S/C3H9O4PS/c1-3(6-2)7-8(4,5)9/h3H,1-2H3,(H2,4,5,9). The van der Waals surface area contributed by atoms with Crippen LogP contribution in [0, 0.1) is 0 Å². The van der Waals surface area contributed by atoms with Gasteiger partial charge in [0.05, 0.1) is 0 Å². The highest BCUT2D eigenvalue weighted by molar-refractivity contribution is 8.06. The Bertz CT molecular complexity index is 121. The molecular weight excluding hydrogens is 163 g/mol. The summed E-state index contributed by atoms with van der Waals surface area (Å²) in [6.07, 6.45) is -0.661. The van der Waals surface area contributed by atoms with Gasteiger partial charge in [0.1, 0.15) is 0 Å². The summed E-state index contributed by atoms with van der Waals surface area (Å²) in [7, 11) is 1.38. The van der Waals surface area contributed by atoms with E-state index >= 15 is 0 Å². The molecule has 9 heavy (non-hydrogen) atoms. The molecule has 4 nitrogen and oxygen atoms in total. The topological polar surface area (TPSA) is 58.9 Å². The van der Waals surface area contributed by atoms with E-state index in [1.807, 2.05) is 0 Å². The van der Waals surface area contributed by atoms with Gasteiger partial charge < -0.3 is 14.5 Å². The third-order valence-electron chi connectivity index (χ3n) is 0.618. The number of rotatable bonds is 3. The quantitative estimate of drug-likeness (QED) is 0.470. The second kappa shape index (κ2) is 3.61. The molecule has 0 aromatic heterocycles. The molecule has 0 spiro atoms. The maximum absolute atomic E-state index is 8.50. The molecule has 0 bridgehead atoms. The zero-order chi connectivity index (χ0) is 7.49. The summed E-state index contributed by atoms with van der Waals surface area (Å²) < 4.78 is 8.95. The summed E-state index contributed by atoms with van der Waals surface area (Å²) in [5.41, 5.74) is 0. The molecule has 0 heterocycles. The normalized spacial score (nSPS) is 15.6.